The number of oxime groups is 1. The minimum absolute atomic E-state index is 0.0952. The average molecular weight is 262 g/mol. The van der Waals surface area contributed by atoms with Gasteiger partial charge in [0.2, 0.25) is 0 Å². The third-order valence-electron chi connectivity index (χ3n) is 3.94. The Hall–Kier alpha value is -1.71. The second-order valence-corrected chi connectivity index (χ2v) is 5.15. The van der Waals surface area contributed by atoms with Crippen LogP contribution in [-0.4, -0.2) is 17.1 Å². The van der Waals surface area contributed by atoms with Crippen molar-refractivity contribution in [3.05, 3.63) is 29.8 Å². The first-order valence-electron chi connectivity index (χ1n) is 6.98. The van der Waals surface area contributed by atoms with Crippen LogP contribution in [0.25, 0.3) is 0 Å². The third-order valence-corrected chi connectivity index (χ3v) is 3.94. The SMILES string of the molecule is CCC1CCC(Oc2ccccc2C(N)=NO)CC1. The maximum Gasteiger partial charge on any atom is 0.173 e. The van der Waals surface area contributed by atoms with Crippen molar-refractivity contribution in [1.82, 2.24) is 0 Å². The number of hydrogen-bond donors (Lipinski definition) is 2. The predicted molar refractivity (Wildman–Crippen MR) is 75.6 cm³/mol. The fraction of sp³-hybridized carbons (Fsp3) is 0.533. The molecule has 0 atom stereocenters. The van der Waals surface area contributed by atoms with Crippen molar-refractivity contribution in [2.45, 2.75) is 45.1 Å². The van der Waals surface area contributed by atoms with Gasteiger partial charge in [0, 0.05) is 0 Å². The fourth-order valence-electron chi connectivity index (χ4n) is 2.67. The Balaban J connectivity index is 2.04. The molecule has 1 saturated carbocycles. The number of amidine groups is 1. The van der Waals surface area contributed by atoms with Crippen LogP contribution < -0.4 is 10.5 Å². The summed E-state index contributed by atoms with van der Waals surface area (Å²) in [5, 5.41) is 11.8. The van der Waals surface area contributed by atoms with Crippen LogP contribution in [0.3, 0.4) is 0 Å². The van der Waals surface area contributed by atoms with Gasteiger partial charge in [0.15, 0.2) is 5.84 Å². The second kappa shape index (κ2) is 6.45. The van der Waals surface area contributed by atoms with Crippen molar-refractivity contribution in [3.8, 4) is 5.75 Å². The van der Waals surface area contributed by atoms with E-state index in [4.69, 9.17) is 15.7 Å². The van der Waals surface area contributed by atoms with Gasteiger partial charge in [0.05, 0.1) is 11.7 Å². The lowest BCUT2D eigenvalue weighted by Gasteiger charge is -2.28. The van der Waals surface area contributed by atoms with Gasteiger partial charge in [-0.25, -0.2) is 0 Å². The van der Waals surface area contributed by atoms with Crippen LogP contribution in [-0.2, 0) is 0 Å². The summed E-state index contributed by atoms with van der Waals surface area (Å²) in [6, 6.07) is 7.44. The van der Waals surface area contributed by atoms with E-state index in [-0.39, 0.29) is 11.9 Å². The zero-order chi connectivity index (χ0) is 13.7. The van der Waals surface area contributed by atoms with E-state index >= 15 is 0 Å². The molecule has 4 heteroatoms. The molecule has 1 aliphatic rings. The number of hydrogen-bond acceptors (Lipinski definition) is 3. The molecule has 0 saturated heterocycles. The molecule has 1 fully saturated rings. The van der Waals surface area contributed by atoms with Crippen molar-refractivity contribution < 1.29 is 9.94 Å². The number of ether oxygens (including phenoxy) is 1. The summed E-state index contributed by atoms with van der Waals surface area (Å²) < 4.78 is 6.03. The predicted octanol–water partition coefficient (Wildman–Crippen LogP) is 3.13. The number of nitrogens with two attached hydrogens (primary N) is 1. The zero-order valence-electron chi connectivity index (χ0n) is 11.4. The fourth-order valence-corrected chi connectivity index (χ4v) is 2.67. The van der Waals surface area contributed by atoms with Crippen molar-refractivity contribution >= 4 is 5.84 Å². The van der Waals surface area contributed by atoms with Crippen LogP contribution in [0, 0.1) is 5.92 Å². The molecule has 0 aliphatic heterocycles. The molecular weight excluding hydrogens is 240 g/mol. The summed E-state index contributed by atoms with van der Waals surface area (Å²) in [6.45, 7) is 2.25. The molecule has 0 spiro atoms. The van der Waals surface area contributed by atoms with Gasteiger partial charge in [0.25, 0.3) is 0 Å². The van der Waals surface area contributed by atoms with Gasteiger partial charge < -0.3 is 15.7 Å². The highest BCUT2D eigenvalue weighted by Crippen LogP contribution is 2.30. The molecule has 0 unspecified atom stereocenters. The molecule has 4 nitrogen and oxygen atoms in total. The quantitative estimate of drug-likeness (QED) is 0.379. The summed E-state index contributed by atoms with van der Waals surface area (Å²) >= 11 is 0. The van der Waals surface area contributed by atoms with E-state index in [0.717, 1.165) is 18.8 Å². The van der Waals surface area contributed by atoms with Gasteiger partial charge in [-0.3, -0.25) is 0 Å². The number of para-hydroxylation sites is 1. The van der Waals surface area contributed by atoms with Gasteiger partial charge in [-0.1, -0.05) is 30.6 Å². The maximum absolute atomic E-state index is 8.79. The van der Waals surface area contributed by atoms with E-state index in [1.165, 1.54) is 19.3 Å². The van der Waals surface area contributed by atoms with E-state index in [9.17, 15) is 0 Å². The second-order valence-electron chi connectivity index (χ2n) is 5.15. The number of rotatable bonds is 4. The largest absolute Gasteiger partial charge is 0.490 e. The van der Waals surface area contributed by atoms with Gasteiger partial charge in [-0.05, 0) is 43.7 Å². The van der Waals surface area contributed by atoms with E-state index in [1.54, 1.807) is 0 Å². The minimum Gasteiger partial charge on any atom is -0.490 e. The molecule has 3 N–H and O–H groups in total. The molecule has 0 amide bonds. The van der Waals surface area contributed by atoms with Crippen LogP contribution in [0.2, 0.25) is 0 Å². The molecule has 2 rings (SSSR count). The summed E-state index contributed by atoms with van der Waals surface area (Å²) in [6.07, 6.45) is 6.13. The highest BCUT2D eigenvalue weighted by atomic mass is 16.5. The molecule has 1 aromatic carbocycles. The normalized spacial score (nSPS) is 24.2. The maximum atomic E-state index is 8.79. The molecule has 1 aliphatic carbocycles. The van der Waals surface area contributed by atoms with Crippen molar-refractivity contribution in [2.75, 3.05) is 0 Å². The van der Waals surface area contributed by atoms with Crippen LogP contribution in [0.1, 0.15) is 44.6 Å². The van der Waals surface area contributed by atoms with Crippen LogP contribution >= 0.6 is 0 Å². The Morgan fingerprint density at radius 2 is 2.00 bits per heavy atom. The molecule has 1 aromatic rings. The lowest BCUT2D eigenvalue weighted by atomic mass is 9.86. The minimum atomic E-state index is 0.0952. The average Bonchev–Trinajstić information content (AvgIpc) is 2.48. The van der Waals surface area contributed by atoms with E-state index in [0.29, 0.717) is 11.3 Å². The Morgan fingerprint density at radius 3 is 2.63 bits per heavy atom. The van der Waals surface area contributed by atoms with Gasteiger partial charge in [0.1, 0.15) is 5.75 Å². The topological polar surface area (TPSA) is 67.8 Å². The highest BCUT2D eigenvalue weighted by Gasteiger charge is 2.22. The van der Waals surface area contributed by atoms with E-state index in [1.807, 2.05) is 24.3 Å². The van der Waals surface area contributed by atoms with Gasteiger partial charge in [-0.15, -0.1) is 0 Å². The molecule has 0 bridgehead atoms. The summed E-state index contributed by atoms with van der Waals surface area (Å²) in [5.41, 5.74) is 6.32. The lowest BCUT2D eigenvalue weighted by Crippen LogP contribution is -2.25. The summed E-state index contributed by atoms with van der Waals surface area (Å²) in [7, 11) is 0. The molecule has 0 heterocycles. The third kappa shape index (κ3) is 3.40. The first-order chi connectivity index (χ1) is 9.24. The first kappa shape index (κ1) is 13.7. The smallest absolute Gasteiger partial charge is 0.173 e. The molecule has 0 aromatic heterocycles. The number of benzene rings is 1. The van der Waals surface area contributed by atoms with E-state index < -0.39 is 0 Å². The van der Waals surface area contributed by atoms with Crippen molar-refractivity contribution in [2.24, 2.45) is 16.8 Å². The Kier molecular flexibility index (Phi) is 4.66. The Morgan fingerprint density at radius 1 is 1.32 bits per heavy atom. The first-order valence-corrected chi connectivity index (χ1v) is 6.98. The molecule has 19 heavy (non-hydrogen) atoms. The Labute approximate surface area is 114 Å². The van der Waals surface area contributed by atoms with Gasteiger partial charge >= 0.3 is 0 Å². The van der Waals surface area contributed by atoms with Crippen LogP contribution in [0.15, 0.2) is 29.4 Å². The summed E-state index contributed by atoms with van der Waals surface area (Å²) in [5.74, 6) is 1.65. The zero-order valence-corrected chi connectivity index (χ0v) is 11.4. The lowest BCUT2D eigenvalue weighted by molar-refractivity contribution is 0.129. The van der Waals surface area contributed by atoms with E-state index in [2.05, 4.69) is 12.1 Å². The molecule has 0 radical (unpaired) electrons. The van der Waals surface area contributed by atoms with Crippen LogP contribution in [0.5, 0.6) is 5.75 Å². The molecular formula is C15H22N2O2. The van der Waals surface area contributed by atoms with Crippen LogP contribution in [0.4, 0.5) is 0 Å². The highest BCUT2D eigenvalue weighted by molar-refractivity contribution is 5.99. The number of nitrogens with zero attached hydrogens (tertiary/aromatic N) is 1. The van der Waals surface area contributed by atoms with Gasteiger partial charge in [-0.2, -0.15) is 0 Å². The van der Waals surface area contributed by atoms with Crippen molar-refractivity contribution in [3.63, 3.8) is 0 Å². The standard InChI is InChI=1S/C15H22N2O2/c1-2-11-7-9-12(10-8-11)19-14-6-4-3-5-13(14)15(16)17-18/h3-6,11-12,18H,2,7-10H2,1H3,(H2,16,17). The summed E-state index contributed by atoms with van der Waals surface area (Å²) in [4.78, 5) is 0. The Bertz CT molecular complexity index is 438. The van der Waals surface area contributed by atoms with Crippen molar-refractivity contribution in [1.29, 1.82) is 0 Å². The monoisotopic (exact) mass is 262 g/mol. The molecule has 104 valence electrons.